The van der Waals surface area contributed by atoms with Crippen LogP contribution in [0.4, 0.5) is 5.69 Å². The van der Waals surface area contributed by atoms with Crippen molar-refractivity contribution in [3.8, 4) is 0 Å². The lowest BCUT2D eigenvalue weighted by molar-refractivity contribution is -0.111. The van der Waals surface area contributed by atoms with Crippen LogP contribution in [0, 0.1) is 0 Å². The van der Waals surface area contributed by atoms with E-state index in [2.05, 4.69) is 21.5 Å². The van der Waals surface area contributed by atoms with Crippen LogP contribution in [0.1, 0.15) is 0 Å². The minimum absolute atomic E-state index is 0.183. The summed E-state index contributed by atoms with van der Waals surface area (Å²) in [7, 11) is 0. The largest absolute Gasteiger partial charge is 0.323 e. The first-order valence-electron chi connectivity index (χ1n) is 5.95. The number of carbonyl (C=O) groups is 1. The summed E-state index contributed by atoms with van der Waals surface area (Å²) >= 11 is 1.76. The molecule has 1 heterocycles. The molecule has 96 valence electrons. The summed E-state index contributed by atoms with van der Waals surface area (Å²) in [5.74, 6) is -0.183. The van der Waals surface area contributed by atoms with Crippen LogP contribution < -0.4 is 10.6 Å². The molecule has 2 rings (SSSR count). The Balaban J connectivity index is 1.90. The van der Waals surface area contributed by atoms with Gasteiger partial charge in [0.05, 0.1) is 0 Å². The van der Waals surface area contributed by atoms with Crippen LogP contribution in [0.15, 0.2) is 41.8 Å². The Morgan fingerprint density at radius 3 is 2.61 bits per heavy atom. The third kappa shape index (κ3) is 3.87. The fraction of sp³-hybridized carbons (Fsp3) is 0.308. The zero-order valence-electron chi connectivity index (χ0n) is 10.2. The van der Waals surface area contributed by atoms with E-state index < -0.39 is 0 Å². The number of piperazine rings is 1. The maximum absolute atomic E-state index is 11.1. The van der Waals surface area contributed by atoms with Crippen LogP contribution in [-0.2, 0) is 4.79 Å². The zero-order chi connectivity index (χ0) is 12.8. The average Bonchev–Trinajstić information content (AvgIpc) is 2.42. The summed E-state index contributed by atoms with van der Waals surface area (Å²) in [6, 6.07) is 7.86. The predicted molar refractivity (Wildman–Crippen MR) is 75.6 cm³/mol. The van der Waals surface area contributed by atoms with Gasteiger partial charge in [0.25, 0.3) is 0 Å². The van der Waals surface area contributed by atoms with Crippen molar-refractivity contribution in [2.24, 2.45) is 0 Å². The van der Waals surface area contributed by atoms with E-state index in [4.69, 9.17) is 0 Å². The van der Waals surface area contributed by atoms with E-state index >= 15 is 0 Å². The Hall–Kier alpha value is -1.30. The van der Waals surface area contributed by atoms with E-state index in [9.17, 15) is 4.79 Å². The van der Waals surface area contributed by atoms with Gasteiger partial charge >= 0.3 is 0 Å². The second kappa shape index (κ2) is 6.58. The van der Waals surface area contributed by atoms with Gasteiger partial charge in [-0.2, -0.15) is 0 Å². The number of amides is 1. The van der Waals surface area contributed by atoms with Gasteiger partial charge in [0.1, 0.15) is 0 Å². The second-order valence-electron chi connectivity index (χ2n) is 3.99. The van der Waals surface area contributed by atoms with Crippen LogP contribution in [0.3, 0.4) is 0 Å². The van der Waals surface area contributed by atoms with Crippen molar-refractivity contribution in [3.63, 3.8) is 0 Å². The molecule has 1 aromatic rings. The molecule has 5 heteroatoms. The van der Waals surface area contributed by atoms with Crippen molar-refractivity contribution in [1.82, 2.24) is 9.62 Å². The van der Waals surface area contributed by atoms with Gasteiger partial charge in [0.15, 0.2) is 0 Å². The van der Waals surface area contributed by atoms with E-state index in [1.807, 2.05) is 24.3 Å². The first kappa shape index (κ1) is 13.1. The molecule has 0 radical (unpaired) electrons. The summed E-state index contributed by atoms with van der Waals surface area (Å²) < 4.78 is 2.34. The molecule has 1 amide bonds. The Morgan fingerprint density at radius 2 is 2.00 bits per heavy atom. The number of rotatable bonds is 4. The molecule has 0 aromatic heterocycles. The lowest BCUT2D eigenvalue weighted by Gasteiger charge is -2.25. The smallest absolute Gasteiger partial charge is 0.247 e. The minimum atomic E-state index is -0.183. The highest BCUT2D eigenvalue weighted by atomic mass is 32.2. The fourth-order valence-corrected chi connectivity index (χ4v) is 2.60. The number of hydrogen-bond donors (Lipinski definition) is 2. The maximum atomic E-state index is 11.1. The fourth-order valence-electron chi connectivity index (χ4n) is 1.68. The lowest BCUT2D eigenvalue weighted by Crippen LogP contribution is -2.39. The molecule has 1 saturated heterocycles. The maximum Gasteiger partial charge on any atom is 0.247 e. The highest BCUT2D eigenvalue weighted by Gasteiger charge is 2.10. The van der Waals surface area contributed by atoms with Crippen molar-refractivity contribution < 1.29 is 4.79 Å². The van der Waals surface area contributed by atoms with Gasteiger partial charge in [-0.25, -0.2) is 4.31 Å². The van der Waals surface area contributed by atoms with Crippen LogP contribution in [-0.4, -0.2) is 36.4 Å². The topological polar surface area (TPSA) is 44.4 Å². The average molecular weight is 263 g/mol. The van der Waals surface area contributed by atoms with Crippen molar-refractivity contribution in [2.45, 2.75) is 4.90 Å². The first-order valence-corrected chi connectivity index (χ1v) is 6.72. The molecule has 1 aromatic carbocycles. The Bertz CT molecular complexity index is 413. The molecule has 0 unspecified atom stereocenters. The molecule has 1 aliphatic rings. The molecule has 2 N–H and O–H groups in total. The summed E-state index contributed by atoms with van der Waals surface area (Å²) in [5.41, 5.74) is 0.796. The summed E-state index contributed by atoms with van der Waals surface area (Å²) in [4.78, 5) is 12.3. The first-order chi connectivity index (χ1) is 8.78. The summed E-state index contributed by atoms with van der Waals surface area (Å²) in [6.07, 6.45) is 1.27. The zero-order valence-corrected chi connectivity index (χ0v) is 11.0. The van der Waals surface area contributed by atoms with Gasteiger partial charge in [-0.15, -0.1) is 0 Å². The van der Waals surface area contributed by atoms with E-state index in [1.54, 1.807) is 11.9 Å². The van der Waals surface area contributed by atoms with E-state index in [-0.39, 0.29) is 5.91 Å². The van der Waals surface area contributed by atoms with Crippen LogP contribution in [0.25, 0.3) is 0 Å². The van der Waals surface area contributed by atoms with Crippen molar-refractivity contribution in [1.29, 1.82) is 0 Å². The number of carbonyl (C=O) groups excluding carboxylic acids is 1. The van der Waals surface area contributed by atoms with Gasteiger partial charge in [0, 0.05) is 36.8 Å². The highest BCUT2D eigenvalue weighted by Crippen LogP contribution is 2.24. The number of hydrogen-bond acceptors (Lipinski definition) is 4. The number of benzene rings is 1. The SMILES string of the molecule is C=CC(=O)Nc1ccc(SN2CCNCC2)cc1. The van der Waals surface area contributed by atoms with Crippen LogP contribution >= 0.6 is 11.9 Å². The van der Waals surface area contributed by atoms with Gasteiger partial charge in [-0.1, -0.05) is 6.58 Å². The molecular formula is C13H17N3OS. The molecule has 4 nitrogen and oxygen atoms in total. The minimum Gasteiger partial charge on any atom is -0.323 e. The third-order valence-corrected chi connectivity index (χ3v) is 3.72. The van der Waals surface area contributed by atoms with Gasteiger partial charge in [0.2, 0.25) is 5.91 Å². The normalized spacial score (nSPS) is 16.2. The van der Waals surface area contributed by atoms with Gasteiger partial charge in [-0.3, -0.25) is 4.79 Å². The molecule has 1 fully saturated rings. The summed E-state index contributed by atoms with van der Waals surface area (Å²) in [6.45, 7) is 7.62. The predicted octanol–water partition coefficient (Wildman–Crippen LogP) is 1.72. The quantitative estimate of drug-likeness (QED) is 0.641. The highest BCUT2D eigenvalue weighted by molar-refractivity contribution is 7.97. The molecule has 18 heavy (non-hydrogen) atoms. The van der Waals surface area contributed by atoms with Gasteiger partial charge in [-0.05, 0) is 42.3 Å². The number of nitrogens with zero attached hydrogens (tertiary/aromatic N) is 1. The van der Waals surface area contributed by atoms with Crippen LogP contribution in [0.2, 0.25) is 0 Å². The van der Waals surface area contributed by atoms with Crippen molar-refractivity contribution in [2.75, 3.05) is 31.5 Å². The Kier molecular flexibility index (Phi) is 4.81. The second-order valence-corrected chi connectivity index (χ2v) is 5.16. The van der Waals surface area contributed by atoms with E-state index in [1.165, 1.54) is 11.0 Å². The molecule has 0 saturated carbocycles. The molecular weight excluding hydrogens is 246 g/mol. The number of nitrogens with one attached hydrogen (secondary N) is 2. The Labute approximate surface area is 112 Å². The lowest BCUT2D eigenvalue weighted by atomic mass is 10.3. The van der Waals surface area contributed by atoms with Crippen LogP contribution in [0.5, 0.6) is 0 Å². The van der Waals surface area contributed by atoms with E-state index in [0.29, 0.717) is 0 Å². The van der Waals surface area contributed by atoms with Gasteiger partial charge < -0.3 is 10.6 Å². The molecule has 1 aliphatic heterocycles. The molecule has 0 aliphatic carbocycles. The molecule has 0 spiro atoms. The van der Waals surface area contributed by atoms with E-state index in [0.717, 1.165) is 31.9 Å². The van der Waals surface area contributed by atoms with Crippen molar-refractivity contribution in [3.05, 3.63) is 36.9 Å². The molecule has 0 atom stereocenters. The number of anilines is 1. The Morgan fingerprint density at radius 1 is 1.33 bits per heavy atom. The monoisotopic (exact) mass is 263 g/mol. The molecule has 0 bridgehead atoms. The third-order valence-electron chi connectivity index (χ3n) is 2.62. The standard InChI is InChI=1S/C13H17N3OS/c1-2-13(17)15-11-3-5-12(6-4-11)18-16-9-7-14-8-10-16/h2-6,14H,1,7-10H2,(H,15,17). The summed E-state index contributed by atoms with van der Waals surface area (Å²) in [5, 5.41) is 6.06. The van der Waals surface area contributed by atoms with Crippen molar-refractivity contribution >= 4 is 23.5 Å².